The molecular formula is C34H68O2. The Hall–Kier alpha value is -0.590. The Labute approximate surface area is 228 Å². The van der Waals surface area contributed by atoms with Gasteiger partial charge in [0.05, 0.1) is 0 Å². The van der Waals surface area contributed by atoms with Crippen molar-refractivity contribution in [2.24, 2.45) is 0 Å². The lowest BCUT2D eigenvalue weighted by Gasteiger charge is -2.05. The van der Waals surface area contributed by atoms with E-state index >= 15 is 0 Å². The molecule has 36 heavy (non-hydrogen) atoms. The lowest BCUT2D eigenvalue weighted by atomic mass is 10.0. The quantitative estimate of drug-likeness (QED) is 0.0712. The number of hydrogen-bond donors (Lipinski definition) is 0. The van der Waals surface area contributed by atoms with Gasteiger partial charge in [0.15, 0.2) is 0 Å². The number of carbonyl (C=O) groups excluding carboxylic acids is 1. The van der Waals surface area contributed by atoms with Gasteiger partial charge in [0.2, 0.25) is 0 Å². The van der Waals surface area contributed by atoms with Crippen LogP contribution in [0.4, 0.5) is 0 Å². The summed E-state index contributed by atoms with van der Waals surface area (Å²) in [4.78, 5) is 8.57. The van der Waals surface area contributed by atoms with Crippen LogP contribution >= 0.6 is 0 Å². The molecule has 0 aliphatic carbocycles. The van der Waals surface area contributed by atoms with E-state index in [9.17, 15) is 0 Å². The van der Waals surface area contributed by atoms with E-state index in [2.05, 4.69) is 20.4 Å². The molecule has 0 aromatic rings. The minimum atomic E-state index is 0.997. The van der Waals surface area contributed by atoms with Crippen LogP contribution in [-0.4, -0.2) is 19.2 Å². The molecule has 2 nitrogen and oxygen atoms in total. The zero-order valence-electron chi connectivity index (χ0n) is 25.2. The van der Waals surface area contributed by atoms with Gasteiger partial charge in [-0.1, -0.05) is 181 Å². The Bertz CT molecular complexity index is 357. The summed E-state index contributed by atoms with van der Waals surface area (Å²) in [6, 6.07) is 0. The molecule has 0 aromatic carbocycles. The minimum absolute atomic E-state index is 0.997. The molecule has 216 valence electrons. The van der Waals surface area contributed by atoms with E-state index in [1.54, 1.807) is 0 Å². The Morgan fingerprint density at radius 2 is 0.556 bits per heavy atom. The van der Waals surface area contributed by atoms with Crippen molar-refractivity contribution in [1.29, 1.82) is 0 Å². The Balaban J connectivity index is 0. The average Bonchev–Trinajstić information content (AvgIpc) is 2.88. The maximum Gasteiger partial charge on any atom is 0.116 e. The normalized spacial score (nSPS) is 10.7. The number of ether oxygens (including phenoxy) is 1. The third-order valence-electron chi connectivity index (χ3n) is 7.28. The smallest absolute Gasteiger partial charge is 0.116 e. The lowest BCUT2D eigenvalue weighted by Crippen LogP contribution is -1.97. The van der Waals surface area contributed by atoms with Gasteiger partial charge < -0.3 is 4.74 Å². The molecule has 0 radical (unpaired) electrons. The SMILES string of the molecule is C=C=O.CCCCCCCCCCCCCCCCOCCCCCCCCCCCCCCCC. The van der Waals surface area contributed by atoms with Crippen molar-refractivity contribution in [3.05, 3.63) is 6.58 Å². The topological polar surface area (TPSA) is 26.3 Å². The van der Waals surface area contributed by atoms with Crippen LogP contribution in [0.25, 0.3) is 0 Å². The monoisotopic (exact) mass is 509 g/mol. The summed E-state index contributed by atoms with van der Waals surface area (Å²) in [6.45, 7) is 9.27. The third kappa shape index (κ3) is 40.6. The van der Waals surface area contributed by atoms with Crippen molar-refractivity contribution in [1.82, 2.24) is 0 Å². The Kier molecular flexibility index (Phi) is 40.6. The summed E-state index contributed by atoms with van der Waals surface area (Å²) in [6.07, 6.45) is 40.1. The fourth-order valence-electron chi connectivity index (χ4n) is 4.90. The maximum atomic E-state index is 8.57. The van der Waals surface area contributed by atoms with Crippen molar-refractivity contribution < 1.29 is 9.53 Å². The first kappa shape index (κ1) is 37.6. The zero-order chi connectivity index (χ0) is 26.6. The molecule has 0 aliphatic heterocycles. The van der Waals surface area contributed by atoms with Crippen LogP contribution in [0.15, 0.2) is 6.58 Å². The highest BCUT2D eigenvalue weighted by Crippen LogP contribution is 2.14. The van der Waals surface area contributed by atoms with E-state index in [1.807, 2.05) is 0 Å². The molecule has 0 heterocycles. The molecule has 0 bridgehead atoms. The van der Waals surface area contributed by atoms with Gasteiger partial charge in [0, 0.05) is 13.2 Å². The highest BCUT2D eigenvalue weighted by atomic mass is 16.5. The number of rotatable bonds is 30. The molecule has 0 unspecified atom stereocenters. The van der Waals surface area contributed by atoms with E-state index in [1.165, 1.54) is 186 Å². The van der Waals surface area contributed by atoms with Crippen LogP contribution in [0.2, 0.25) is 0 Å². The Morgan fingerprint density at radius 1 is 0.389 bits per heavy atom. The first-order chi connectivity index (χ1) is 17.8. The van der Waals surface area contributed by atoms with Crippen LogP contribution in [0.3, 0.4) is 0 Å². The van der Waals surface area contributed by atoms with Crippen molar-refractivity contribution in [3.63, 3.8) is 0 Å². The van der Waals surface area contributed by atoms with E-state index in [-0.39, 0.29) is 0 Å². The molecule has 0 saturated heterocycles. The van der Waals surface area contributed by atoms with Crippen LogP contribution in [0.5, 0.6) is 0 Å². The van der Waals surface area contributed by atoms with Gasteiger partial charge in [-0.2, -0.15) is 0 Å². The first-order valence-electron chi connectivity index (χ1n) is 16.5. The molecule has 0 N–H and O–H groups in total. The van der Waals surface area contributed by atoms with Crippen molar-refractivity contribution in [2.75, 3.05) is 13.2 Å². The molecule has 0 fully saturated rings. The number of hydrogen-bond acceptors (Lipinski definition) is 2. The summed E-state index contributed by atoms with van der Waals surface area (Å²) >= 11 is 0. The second-order valence-corrected chi connectivity index (χ2v) is 10.9. The third-order valence-corrected chi connectivity index (χ3v) is 7.28. The Morgan fingerprint density at radius 3 is 0.750 bits per heavy atom. The highest BCUT2D eigenvalue weighted by molar-refractivity contribution is 5.38. The summed E-state index contributed by atoms with van der Waals surface area (Å²) in [5, 5.41) is 0. The van der Waals surface area contributed by atoms with E-state index < -0.39 is 0 Å². The van der Waals surface area contributed by atoms with Gasteiger partial charge in [0.1, 0.15) is 5.94 Å². The van der Waals surface area contributed by atoms with Gasteiger partial charge in [-0.3, -0.25) is 0 Å². The average molecular weight is 509 g/mol. The van der Waals surface area contributed by atoms with Crippen LogP contribution in [0.1, 0.15) is 194 Å². The molecule has 0 atom stereocenters. The fraction of sp³-hybridized carbons (Fsp3) is 0.941. The van der Waals surface area contributed by atoms with Gasteiger partial charge in [0.25, 0.3) is 0 Å². The van der Waals surface area contributed by atoms with Crippen molar-refractivity contribution >= 4 is 5.94 Å². The molecule has 0 spiro atoms. The van der Waals surface area contributed by atoms with E-state index in [0.29, 0.717) is 0 Å². The van der Waals surface area contributed by atoms with E-state index in [4.69, 9.17) is 9.53 Å². The summed E-state index contributed by atoms with van der Waals surface area (Å²) in [7, 11) is 0. The zero-order valence-corrected chi connectivity index (χ0v) is 25.2. The molecule has 0 aromatic heterocycles. The fourth-order valence-corrected chi connectivity index (χ4v) is 4.90. The standard InChI is InChI=1S/C32H66O.C2H2O/c1-3-5-7-9-11-13-15-17-19-21-23-25-27-29-31-33-32-30-28-26-24-22-20-18-16-14-12-10-8-6-4-2;1-2-3/h3-32H2,1-2H3;1H2. The second-order valence-electron chi connectivity index (χ2n) is 10.9. The summed E-state index contributed by atoms with van der Waals surface area (Å²) < 4.78 is 5.85. The molecule has 0 rings (SSSR count). The highest BCUT2D eigenvalue weighted by Gasteiger charge is 1.96. The molecule has 0 saturated carbocycles. The van der Waals surface area contributed by atoms with Crippen molar-refractivity contribution in [2.45, 2.75) is 194 Å². The minimum Gasteiger partial charge on any atom is -0.381 e. The van der Waals surface area contributed by atoms with Gasteiger partial charge >= 0.3 is 0 Å². The second kappa shape index (κ2) is 38.9. The first-order valence-corrected chi connectivity index (χ1v) is 16.5. The van der Waals surface area contributed by atoms with Crippen molar-refractivity contribution in [3.8, 4) is 0 Å². The molecule has 2 heteroatoms. The van der Waals surface area contributed by atoms with Gasteiger partial charge in [-0.15, -0.1) is 0 Å². The molecule has 0 aliphatic rings. The van der Waals surface area contributed by atoms with E-state index in [0.717, 1.165) is 13.2 Å². The van der Waals surface area contributed by atoms with Gasteiger partial charge in [-0.05, 0) is 19.4 Å². The predicted molar refractivity (Wildman–Crippen MR) is 163 cm³/mol. The van der Waals surface area contributed by atoms with Crippen LogP contribution < -0.4 is 0 Å². The van der Waals surface area contributed by atoms with Crippen LogP contribution in [-0.2, 0) is 9.53 Å². The largest absolute Gasteiger partial charge is 0.381 e. The molecule has 0 amide bonds. The molecular weight excluding hydrogens is 440 g/mol. The summed E-state index contributed by atoms with van der Waals surface area (Å²) in [5.41, 5.74) is 0. The number of unbranched alkanes of at least 4 members (excludes halogenated alkanes) is 26. The van der Waals surface area contributed by atoms with Crippen LogP contribution in [0, 0.1) is 0 Å². The summed E-state index contributed by atoms with van der Waals surface area (Å²) in [5.74, 6) is 1.25. The lowest BCUT2D eigenvalue weighted by molar-refractivity contribution is 0.125. The maximum absolute atomic E-state index is 8.57. The predicted octanol–water partition coefficient (Wildman–Crippen LogP) is 12.0. The van der Waals surface area contributed by atoms with Gasteiger partial charge in [-0.25, -0.2) is 4.79 Å².